The van der Waals surface area contributed by atoms with Gasteiger partial charge in [-0.3, -0.25) is 4.79 Å². The second kappa shape index (κ2) is 8.75. The maximum atomic E-state index is 12.2. The molecule has 0 unspecified atom stereocenters. The van der Waals surface area contributed by atoms with Crippen molar-refractivity contribution in [1.82, 2.24) is 25.6 Å². The number of hydrogen-bond acceptors (Lipinski definition) is 7. The number of aromatic amines is 1. The van der Waals surface area contributed by atoms with Crippen LogP contribution in [0, 0.1) is 6.92 Å². The average Bonchev–Trinajstić information content (AvgIpc) is 3.16. The Kier molecular flexibility index (Phi) is 6.15. The Morgan fingerprint density at radius 3 is 2.70 bits per heavy atom. The predicted octanol–water partition coefficient (Wildman–Crippen LogP) is 2.04. The first-order valence-corrected chi connectivity index (χ1v) is 13.0. The Balaban J connectivity index is 1.62. The third-order valence-electron chi connectivity index (χ3n) is 5.64. The predicted molar refractivity (Wildman–Crippen MR) is 130 cm³/mol. The molecule has 0 fully saturated rings. The molecule has 0 spiro atoms. The Hall–Kier alpha value is -2.98. The number of rotatable bonds is 8. The summed E-state index contributed by atoms with van der Waals surface area (Å²) in [5.74, 6) is 0.701. The molecular formula is C23H30N6O3S. The second-order valence-corrected chi connectivity index (χ2v) is 11.5. The minimum atomic E-state index is -3.00. The van der Waals surface area contributed by atoms with Gasteiger partial charge in [0.2, 0.25) is 0 Å². The summed E-state index contributed by atoms with van der Waals surface area (Å²) >= 11 is 0. The molecule has 0 aliphatic carbocycles. The van der Waals surface area contributed by atoms with Crippen LogP contribution in [-0.4, -0.2) is 66.5 Å². The number of nitrogens with one attached hydrogen (secondary N) is 4. The molecule has 4 N–H and O–H groups in total. The van der Waals surface area contributed by atoms with E-state index in [0.29, 0.717) is 31.0 Å². The van der Waals surface area contributed by atoms with Crippen molar-refractivity contribution in [2.24, 2.45) is 0 Å². The van der Waals surface area contributed by atoms with Gasteiger partial charge in [-0.05, 0) is 32.9 Å². The quantitative estimate of drug-likeness (QED) is 0.371. The summed E-state index contributed by atoms with van der Waals surface area (Å²) < 4.78 is 22.7. The van der Waals surface area contributed by atoms with Gasteiger partial charge in [0.25, 0.3) is 5.91 Å². The number of fused-ring (bicyclic) bond motifs is 2. The number of nitrogens with zero attached hydrogens (tertiary/aromatic N) is 2. The molecule has 1 aliphatic heterocycles. The van der Waals surface area contributed by atoms with Crippen LogP contribution in [0.4, 0.5) is 5.82 Å². The topological polar surface area (TPSA) is 129 Å². The van der Waals surface area contributed by atoms with Gasteiger partial charge in [0.15, 0.2) is 0 Å². The zero-order valence-corrected chi connectivity index (χ0v) is 20.2. The zero-order chi connectivity index (χ0) is 23.8. The summed E-state index contributed by atoms with van der Waals surface area (Å²) in [4.78, 5) is 25.3. The van der Waals surface area contributed by atoms with E-state index in [-0.39, 0.29) is 17.2 Å². The van der Waals surface area contributed by atoms with E-state index < -0.39 is 9.84 Å². The highest BCUT2D eigenvalue weighted by molar-refractivity contribution is 7.90. The van der Waals surface area contributed by atoms with E-state index >= 15 is 0 Å². The molecule has 33 heavy (non-hydrogen) atoms. The highest BCUT2D eigenvalue weighted by atomic mass is 32.2. The lowest BCUT2D eigenvalue weighted by atomic mass is 10.1. The van der Waals surface area contributed by atoms with Crippen LogP contribution in [0.25, 0.3) is 22.3 Å². The fraction of sp³-hybridized carbons (Fsp3) is 0.435. The SMILES string of the molecule is Cc1nc2cccc(-c3cc4c([nH]3)CCNC4=O)c2nc1NC(C)(C)CNCCS(C)(=O)=O. The van der Waals surface area contributed by atoms with Gasteiger partial charge in [-0.15, -0.1) is 0 Å². The summed E-state index contributed by atoms with van der Waals surface area (Å²) in [6.07, 6.45) is 2.00. The minimum Gasteiger partial charge on any atom is -0.362 e. The zero-order valence-electron chi connectivity index (χ0n) is 19.4. The van der Waals surface area contributed by atoms with Crippen LogP contribution in [0.15, 0.2) is 24.3 Å². The van der Waals surface area contributed by atoms with Gasteiger partial charge in [0.05, 0.1) is 22.5 Å². The van der Waals surface area contributed by atoms with Gasteiger partial charge < -0.3 is 20.9 Å². The number of para-hydroxylation sites is 1. The normalized spacial score (nSPS) is 14.2. The molecule has 9 nitrogen and oxygen atoms in total. The third kappa shape index (κ3) is 5.33. The van der Waals surface area contributed by atoms with Gasteiger partial charge >= 0.3 is 0 Å². The highest BCUT2D eigenvalue weighted by Gasteiger charge is 2.23. The lowest BCUT2D eigenvalue weighted by molar-refractivity contribution is 0.0946. The number of aromatic nitrogens is 3. The lowest BCUT2D eigenvalue weighted by Crippen LogP contribution is -2.43. The molecule has 1 aromatic carbocycles. The Morgan fingerprint density at radius 2 is 1.97 bits per heavy atom. The maximum absolute atomic E-state index is 12.2. The molecule has 0 atom stereocenters. The van der Waals surface area contributed by atoms with Crippen LogP contribution in [0.5, 0.6) is 0 Å². The summed E-state index contributed by atoms with van der Waals surface area (Å²) in [6, 6.07) is 7.72. The minimum absolute atomic E-state index is 0.0617. The van der Waals surface area contributed by atoms with Gasteiger partial charge in [-0.25, -0.2) is 18.4 Å². The first kappa shape index (κ1) is 23.2. The molecule has 2 aromatic heterocycles. The summed E-state index contributed by atoms with van der Waals surface area (Å²) in [5.41, 5.74) is 5.24. The molecule has 0 saturated carbocycles. The summed E-state index contributed by atoms with van der Waals surface area (Å²) in [6.45, 7) is 7.53. The molecule has 4 rings (SSSR count). The highest BCUT2D eigenvalue weighted by Crippen LogP contribution is 2.30. The van der Waals surface area contributed by atoms with Crippen molar-refractivity contribution < 1.29 is 13.2 Å². The molecule has 3 heterocycles. The van der Waals surface area contributed by atoms with Crippen molar-refractivity contribution in [2.45, 2.75) is 32.7 Å². The number of sulfone groups is 1. The van der Waals surface area contributed by atoms with E-state index in [1.54, 1.807) is 0 Å². The molecule has 0 bridgehead atoms. The number of anilines is 1. The second-order valence-electron chi connectivity index (χ2n) is 9.23. The Labute approximate surface area is 193 Å². The van der Waals surface area contributed by atoms with Gasteiger partial charge in [0.1, 0.15) is 21.2 Å². The van der Waals surface area contributed by atoms with E-state index in [9.17, 15) is 13.2 Å². The number of benzene rings is 1. The van der Waals surface area contributed by atoms with E-state index in [2.05, 4.69) is 20.9 Å². The first-order chi connectivity index (χ1) is 15.5. The molecular weight excluding hydrogens is 440 g/mol. The van der Waals surface area contributed by atoms with Crippen molar-refractivity contribution in [1.29, 1.82) is 0 Å². The van der Waals surface area contributed by atoms with Crippen LogP contribution >= 0.6 is 0 Å². The monoisotopic (exact) mass is 470 g/mol. The molecule has 10 heteroatoms. The summed E-state index contributed by atoms with van der Waals surface area (Å²) in [7, 11) is -3.00. The number of amides is 1. The third-order valence-corrected chi connectivity index (χ3v) is 6.58. The standard InChI is InChI=1S/C23H30N6O3S/c1-14-21(29-23(2,3)13-24-10-11-33(4,31)32)28-20-15(6-5-7-18(20)26-14)19-12-16-17(27-19)8-9-25-22(16)30/h5-7,12,24,27H,8-11,13H2,1-4H3,(H,25,30)(H,28,29). The molecule has 3 aromatic rings. The Bertz CT molecular complexity index is 1310. The molecule has 1 aliphatic rings. The molecule has 0 saturated heterocycles. The van der Waals surface area contributed by atoms with Crippen molar-refractivity contribution in [3.8, 4) is 11.3 Å². The van der Waals surface area contributed by atoms with Crippen LogP contribution < -0.4 is 16.0 Å². The number of aryl methyl sites for hydroxylation is 1. The maximum Gasteiger partial charge on any atom is 0.253 e. The van der Waals surface area contributed by atoms with Gasteiger partial charge in [-0.2, -0.15) is 0 Å². The average molecular weight is 471 g/mol. The Morgan fingerprint density at radius 1 is 1.18 bits per heavy atom. The van der Waals surface area contributed by atoms with Crippen molar-refractivity contribution in [3.63, 3.8) is 0 Å². The van der Waals surface area contributed by atoms with Gasteiger partial charge in [0, 0.05) is 54.8 Å². The molecule has 0 radical (unpaired) electrons. The lowest BCUT2D eigenvalue weighted by Gasteiger charge is -2.28. The van der Waals surface area contributed by atoms with E-state index in [1.807, 2.05) is 45.0 Å². The number of carbonyl (C=O) groups excluding carboxylic acids is 1. The van der Waals surface area contributed by atoms with Gasteiger partial charge in [-0.1, -0.05) is 12.1 Å². The van der Waals surface area contributed by atoms with Crippen LogP contribution in [-0.2, 0) is 16.3 Å². The molecule has 1 amide bonds. The van der Waals surface area contributed by atoms with Crippen molar-refractivity contribution in [3.05, 3.63) is 41.2 Å². The summed E-state index contributed by atoms with van der Waals surface area (Å²) in [5, 5.41) is 9.52. The first-order valence-electron chi connectivity index (χ1n) is 11.0. The van der Waals surface area contributed by atoms with E-state index in [1.165, 1.54) is 6.26 Å². The van der Waals surface area contributed by atoms with Crippen molar-refractivity contribution >= 4 is 32.6 Å². The van der Waals surface area contributed by atoms with E-state index in [4.69, 9.17) is 9.97 Å². The fourth-order valence-corrected chi connectivity index (χ4v) is 4.48. The largest absolute Gasteiger partial charge is 0.362 e. The number of hydrogen-bond donors (Lipinski definition) is 4. The van der Waals surface area contributed by atoms with Crippen LogP contribution in [0.1, 0.15) is 35.6 Å². The smallest absolute Gasteiger partial charge is 0.253 e. The van der Waals surface area contributed by atoms with Crippen LogP contribution in [0.3, 0.4) is 0 Å². The van der Waals surface area contributed by atoms with Crippen LogP contribution in [0.2, 0.25) is 0 Å². The molecule has 176 valence electrons. The fourth-order valence-electron chi connectivity index (χ4n) is 3.96. The number of carbonyl (C=O) groups is 1. The number of H-pyrrole nitrogens is 1. The van der Waals surface area contributed by atoms with E-state index in [0.717, 1.165) is 40.1 Å². The van der Waals surface area contributed by atoms with Crippen molar-refractivity contribution in [2.75, 3.05) is 37.0 Å².